The lowest BCUT2D eigenvalue weighted by Crippen LogP contribution is -2.16. The van der Waals surface area contributed by atoms with Gasteiger partial charge in [0, 0.05) is 12.5 Å². The first kappa shape index (κ1) is 16.1. The Balaban J connectivity index is 1.98. The van der Waals surface area contributed by atoms with E-state index in [0.29, 0.717) is 23.3 Å². The van der Waals surface area contributed by atoms with Crippen molar-refractivity contribution in [2.24, 2.45) is 0 Å². The van der Waals surface area contributed by atoms with E-state index in [1.807, 2.05) is 34.9 Å². The second-order valence-electron chi connectivity index (χ2n) is 6.18. The van der Waals surface area contributed by atoms with Crippen molar-refractivity contribution in [2.45, 2.75) is 51.0 Å². The summed E-state index contributed by atoms with van der Waals surface area (Å²) in [5.41, 5.74) is 1.74. The van der Waals surface area contributed by atoms with Crippen LogP contribution in [0.1, 0.15) is 55.1 Å². The second-order valence-corrected chi connectivity index (χ2v) is 6.54. The van der Waals surface area contributed by atoms with Gasteiger partial charge in [0.1, 0.15) is 5.82 Å². The normalized spacial score (nSPS) is 15.7. The van der Waals surface area contributed by atoms with Gasteiger partial charge in [-0.05, 0) is 18.4 Å². The number of hydrogen-bond donors (Lipinski definition) is 1. The molecule has 0 radical (unpaired) electrons. The summed E-state index contributed by atoms with van der Waals surface area (Å²) in [5.74, 6) is 0.457. The number of aromatic nitrogens is 2. The smallest absolute Gasteiger partial charge is 0.309 e. The molecule has 1 aromatic carbocycles. The number of benzene rings is 1. The average molecular weight is 333 g/mol. The van der Waals surface area contributed by atoms with Crippen molar-refractivity contribution in [1.82, 2.24) is 9.55 Å². The van der Waals surface area contributed by atoms with Crippen molar-refractivity contribution in [3.63, 3.8) is 0 Å². The molecule has 0 bridgehead atoms. The minimum absolute atomic E-state index is 0.0919. The van der Waals surface area contributed by atoms with Gasteiger partial charge in [0.2, 0.25) is 0 Å². The number of carboxylic acid groups (broad SMARTS) is 1. The largest absolute Gasteiger partial charge is 0.481 e. The minimum atomic E-state index is -0.878. The standard InChI is InChI=1S/C18H21ClN2O2/c19-17-15(11-16(22)23)21(12-13-7-3-1-4-8-13)18(20-17)14-9-5-2-6-10-14/h1,3-4,7-8,14H,2,5-6,9-12H2,(H,22,23). The molecule has 1 aliphatic carbocycles. The van der Waals surface area contributed by atoms with Crippen molar-refractivity contribution >= 4 is 17.6 Å². The monoisotopic (exact) mass is 332 g/mol. The van der Waals surface area contributed by atoms with Gasteiger partial charge in [-0.2, -0.15) is 0 Å². The maximum Gasteiger partial charge on any atom is 0.309 e. The number of carbonyl (C=O) groups is 1. The molecular formula is C18H21ClN2O2. The third-order valence-corrected chi connectivity index (χ3v) is 4.83. The quantitative estimate of drug-likeness (QED) is 0.890. The zero-order valence-corrected chi connectivity index (χ0v) is 13.8. The molecule has 0 aliphatic heterocycles. The number of imidazole rings is 1. The average Bonchev–Trinajstić information content (AvgIpc) is 2.85. The summed E-state index contributed by atoms with van der Waals surface area (Å²) in [6.07, 6.45) is 5.80. The summed E-state index contributed by atoms with van der Waals surface area (Å²) in [6, 6.07) is 10.0. The predicted octanol–water partition coefficient (Wildman–Crippen LogP) is 4.26. The number of nitrogens with zero attached hydrogens (tertiary/aromatic N) is 2. The van der Waals surface area contributed by atoms with Gasteiger partial charge in [-0.1, -0.05) is 61.2 Å². The Bertz CT molecular complexity index is 676. The van der Waals surface area contributed by atoms with E-state index in [2.05, 4.69) is 4.98 Å². The Kier molecular flexibility index (Phi) is 5.01. The van der Waals surface area contributed by atoms with Crippen LogP contribution in [0.4, 0.5) is 0 Å². The third kappa shape index (κ3) is 3.75. The van der Waals surface area contributed by atoms with E-state index in [4.69, 9.17) is 11.6 Å². The Morgan fingerprint density at radius 2 is 1.91 bits per heavy atom. The zero-order valence-electron chi connectivity index (χ0n) is 13.0. The Hall–Kier alpha value is -1.81. The summed E-state index contributed by atoms with van der Waals surface area (Å²) in [4.78, 5) is 15.8. The van der Waals surface area contributed by atoms with Crippen molar-refractivity contribution in [2.75, 3.05) is 0 Å². The molecule has 5 heteroatoms. The van der Waals surface area contributed by atoms with Crippen LogP contribution in [0, 0.1) is 0 Å². The lowest BCUT2D eigenvalue weighted by atomic mass is 9.88. The minimum Gasteiger partial charge on any atom is -0.481 e. The lowest BCUT2D eigenvalue weighted by Gasteiger charge is -2.23. The van der Waals surface area contributed by atoms with Crippen LogP contribution >= 0.6 is 11.6 Å². The summed E-state index contributed by atoms with van der Waals surface area (Å²) >= 11 is 6.28. The number of carboxylic acids is 1. The van der Waals surface area contributed by atoms with Crippen LogP contribution in [0.2, 0.25) is 5.15 Å². The highest BCUT2D eigenvalue weighted by Crippen LogP contribution is 2.34. The second kappa shape index (κ2) is 7.18. The van der Waals surface area contributed by atoms with Crippen molar-refractivity contribution in [3.8, 4) is 0 Å². The number of halogens is 1. The molecule has 1 saturated carbocycles. The van der Waals surface area contributed by atoms with Gasteiger partial charge in [-0.15, -0.1) is 0 Å². The fraction of sp³-hybridized carbons (Fsp3) is 0.444. The Morgan fingerprint density at radius 1 is 1.22 bits per heavy atom. The molecule has 1 aliphatic rings. The number of rotatable bonds is 5. The molecule has 0 unspecified atom stereocenters. The maximum absolute atomic E-state index is 11.2. The number of aliphatic carboxylic acids is 1. The Morgan fingerprint density at radius 3 is 2.57 bits per heavy atom. The molecule has 1 aromatic heterocycles. The Labute approximate surface area is 141 Å². The van der Waals surface area contributed by atoms with Gasteiger partial charge in [-0.25, -0.2) is 4.98 Å². The van der Waals surface area contributed by atoms with Gasteiger partial charge < -0.3 is 9.67 Å². The van der Waals surface area contributed by atoms with E-state index in [1.54, 1.807) is 0 Å². The molecule has 23 heavy (non-hydrogen) atoms. The SMILES string of the molecule is O=C(O)Cc1c(Cl)nc(C2CCCCC2)n1Cc1ccccc1. The van der Waals surface area contributed by atoms with Gasteiger partial charge in [0.05, 0.1) is 12.1 Å². The lowest BCUT2D eigenvalue weighted by molar-refractivity contribution is -0.136. The van der Waals surface area contributed by atoms with E-state index in [9.17, 15) is 9.90 Å². The highest BCUT2D eigenvalue weighted by atomic mass is 35.5. The molecule has 0 amide bonds. The molecule has 3 rings (SSSR count). The molecule has 0 saturated heterocycles. The van der Waals surface area contributed by atoms with Crippen LogP contribution in [0.5, 0.6) is 0 Å². The highest BCUT2D eigenvalue weighted by Gasteiger charge is 2.25. The molecule has 1 fully saturated rings. The zero-order chi connectivity index (χ0) is 16.2. The highest BCUT2D eigenvalue weighted by molar-refractivity contribution is 6.30. The van der Waals surface area contributed by atoms with E-state index >= 15 is 0 Å². The first-order chi connectivity index (χ1) is 11.1. The van der Waals surface area contributed by atoms with Gasteiger partial charge in [0.15, 0.2) is 5.15 Å². The predicted molar refractivity (Wildman–Crippen MR) is 89.9 cm³/mol. The van der Waals surface area contributed by atoms with Crippen LogP contribution in [-0.4, -0.2) is 20.6 Å². The van der Waals surface area contributed by atoms with Crippen LogP contribution in [0.3, 0.4) is 0 Å². The van der Waals surface area contributed by atoms with Crippen LogP contribution < -0.4 is 0 Å². The van der Waals surface area contributed by atoms with Crippen LogP contribution in [-0.2, 0) is 17.8 Å². The van der Waals surface area contributed by atoms with Gasteiger partial charge in [0.25, 0.3) is 0 Å². The first-order valence-electron chi connectivity index (χ1n) is 8.15. The summed E-state index contributed by atoms with van der Waals surface area (Å²) in [6.45, 7) is 0.620. The molecular weight excluding hydrogens is 312 g/mol. The third-order valence-electron chi connectivity index (χ3n) is 4.53. The van der Waals surface area contributed by atoms with Gasteiger partial charge in [-0.3, -0.25) is 4.79 Å². The topological polar surface area (TPSA) is 55.1 Å². The summed E-state index contributed by atoms with van der Waals surface area (Å²) in [5, 5.41) is 9.54. The van der Waals surface area contributed by atoms with Crippen molar-refractivity contribution in [3.05, 3.63) is 52.6 Å². The molecule has 1 heterocycles. The van der Waals surface area contributed by atoms with E-state index in [0.717, 1.165) is 24.2 Å². The first-order valence-corrected chi connectivity index (χ1v) is 8.53. The molecule has 1 N–H and O–H groups in total. The van der Waals surface area contributed by atoms with Crippen molar-refractivity contribution < 1.29 is 9.90 Å². The molecule has 0 atom stereocenters. The number of hydrogen-bond acceptors (Lipinski definition) is 2. The fourth-order valence-electron chi connectivity index (χ4n) is 3.40. The van der Waals surface area contributed by atoms with Gasteiger partial charge >= 0.3 is 5.97 Å². The fourth-order valence-corrected chi connectivity index (χ4v) is 3.66. The van der Waals surface area contributed by atoms with E-state index in [1.165, 1.54) is 19.3 Å². The maximum atomic E-state index is 11.2. The van der Waals surface area contributed by atoms with Crippen LogP contribution in [0.15, 0.2) is 30.3 Å². The molecule has 122 valence electrons. The molecule has 0 spiro atoms. The van der Waals surface area contributed by atoms with Crippen molar-refractivity contribution in [1.29, 1.82) is 0 Å². The molecule has 2 aromatic rings. The van der Waals surface area contributed by atoms with Crippen LogP contribution in [0.25, 0.3) is 0 Å². The van der Waals surface area contributed by atoms with E-state index < -0.39 is 5.97 Å². The van der Waals surface area contributed by atoms with E-state index in [-0.39, 0.29) is 6.42 Å². The summed E-state index contributed by atoms with van der Waals surface area (Å²) < 4.78 is 2.03. The summed E-state index contributed by atoms with van der Waals surface area (Å²) in [7, 11) is 0. The molecule has 4 nitrogen and oxygen atoms in total.